The minimum Gasteiger partial charge on any atom is -0.457 e. The number of carbonyl (C=O) groups excluding carboxylic acids is 2. The summed E-state index contributed by atoms with van der Waals surface area (Å²) in [5.41, 5.74) is -2.14. The molecule has 1 aliphatic heterocycles. The summed E-state index contributed by atoms with van der Waals surface area (Å²) in [5, 5.41) is 3.03. The molecule has 0 aromatic heterocycles. The van der Waals surface area contributed by atoms with Crippen molar-refractivity contribution in [3.63, 3.8) is 0 Å². The van der Waals surface area contributed by atoms with Crippen molar-refractivity contribution in [1.82, 2.24) is 10.2 Å². The molecule has 104 valence electrons. The molecule has 18 heavy (non-hydrogen) atoms. The molecule has 1 heterocycles. The molecular weight excluding hydrogens is 232 g/mol. The van der Waals surface area contributed by atoms with E-state index in [0.717, 1.165) is 0 Å². The summed E-state index contributed by atoms with van der Waals surface area (Å²) < 4.78 is 5.47. The number of amides is 1. The van der Waals surface area contributed by atoms with Gasteiger partial charge in [-0.15, -0.1) is 0 Å². The molecule has 0 bridgehead atoms. The molecule has 0 aliphatic carbocycles. The van der Waals surface area contributed by atoms with Crippen molar-refractivity contribution >= 4 is 11.9 Å². The number of ether oxygens (including phenoxy) is 1. The largest absolute Gasteiger partial charge is 0.457 e. The van der Waals surface area contributed by atoms with E-state index >= 15 is 0 Å². The highest BCUT2D eigenvalue weighted by Crippen LogP contribution is 2.37. The Balaban J connectivity index is 3.16. The zero-order valence-corrected chi connectivity index (χ0v) is 12.4. The van der Waals surface area contributed by atoms with Crippen LogP contribution in [-0.2, 0) is 14.3 Å². The number of nitrogens with zero attached hydrogens (tertiary/aromatic N) is 1. The van der Waals surface area contributed by atoms with Gasteiger partial charge in [0.1, 0.15) is 5.60 Å². The molecule has 5 heteroatoms. The summed E-state index contributed by atoms with van der Waals surface area (Å²) in [6.45, 7) is 11.4. The Bertz CT molecular complexity index is 365. The predicted octanol–water partition coefficient (Wildman–Crippen LogP) is 1.13. The fourth-order valence-corrected chi connectivity index (χ4v) is 2.26. The van der Waals surface area contributed by atoms with Crippen molar-refractivity contribution in [3.05, 3.63) is 0 Å². The summed E-state index contributed by atoms with van der Waals surface area (Å²) in [6.07, 6.45) is 0. The zero-order valence-electron chi connectivity index (χ0n) is 12.4. The van der Waals surface area contributed by atoms with Crippen LogP contribution in [0.2, 0.25) is 0 Å². The van der Waals surface area contributed by atoms with Crippen molar-refractivity contribution in [2.75, 3.05) is 13.6 Å². The van der Waals surface area contributed by atoms with Gasteiger partial charge in [0.25, 0.3) is 0 Å². The van der Waals surface area contributed by atoms with E-state index in [1.165, 1.54) is 4.90 Å². The molecular formula is C13H24N2O3. The van der Waals surface area contributed by atoms with Crippen LogP contribution >= 0.6 is 0 Å². The Morgan fingerprint density at radius 1 is 1.28 bits per heavy atom. The van der Waals surface area contributed by atoms with Gasteiger partial charge in [-0.1, -0.05) is 20.8 Å². The quantitative estimate of drug-likeness (QED) is 0.715. The van der Waals surface area contributed by atoms with Crippen LogP contribution in [0.1, 0.15) is 41.5 Å². The number of rotatable bonds is 1. The smallest absolute Gasteiger partial charge is 0.348 e. The third-order valence-electron chi connectivity index (χ3n) is 3.15. The van der Waals surface area contributed by atoms with E-state index in [9.17, 15) is 9.59 Å². The first-order chi connectivity index (χ1) is 7.92. The first kappa shape index (κ1) is 15.0. The lowest BCUT2D eigenvalue weighted by atomic mass is 9.79. The normalized spacial score (nSPS) is 25.5. The highest BCUT2D eigenvalue weighted by atomic mass is 16.6. The Morgan fingerprint density at radius 2 is 1.78 bits per heavy atom. The van der Waals surface area contributed by atoms with Crippen LogP contribution in [0.3, 0.4) is 0 Å². The van der Waals surface area contributed by atoms with E-state index in [0.29, 0.717) is 0 Å². The highest BCUT2D eigenvalue weighted by Gasteiger charge is 2.58. The number of hydrogen-bond acceptors (Lipinski definition) is 4. The molecule has 0 spiro atoms. The van der Waals surface area contributed by atoms with Gasteiger partial charge in [0.05, 0.1) is 6.54 Å². The van der Waals surface area contributed by atoms with Crippen LogP contribution in [0.15, 0.2) is 0 Å². The molecule has 0 radical (unpaired) electrons. The number of esters is 1. The van der Waals surface area contributed by atoms with Crippen LogP contribution < -0.4 is 5.32 Å². The number of likely N-dealkylation sites (N-methyl/N-ethyl adjacent to an activating group) is 1. The molecule has 1 aliphatic rings. The second kappa shape index (κ2) is 4.23. The van der Waals surface area contributed by atoms with Gasteiger partial charge in [0.2, 0.25) is 5.91 Å². The van der Waals surface area contributed by atoms with E-state index in [-0.39, 0.29) is 12.5 Å². The van der Waals surface area contributed by atoms with Crippen molar-refractivity contribution in [3.8, 4) is 0 Å². The summed E-state index contributed by atoms with van der Waals surface area (Å²) in [4.78, 5) is 25.7. The predicted molar refractivity (Wildman–Crippen MR) is 68.8 cm³/mol. The third-order valence-corrected chi connectivity index (χ3v) is 3.15. The van der Waals surface area contributed by atoms with Crippen molar-refractivity contribution in [2.45, 2.75) is 52.8 Å². The molecule has 0 saturated carbocycles. The molecule has 1 atom stereocenters. The van der Waals surface area contributed by atoms with Gasteiger partial charge in [-0.05, 0) is 20.8 Å². The Morgan fingerprint density at radius 3 is 2.06 bits per heavy atom. The summed E-state index contributed by atoms with van der Waals surface area (Å²) >= 11 is 0. The molecule has 0 aromatic carbocycles. The molecule has 5 nitrogen and oxygen atoms in total. The van der Waals surface area contributed by atoms with Gasteiger partial charge in [0, 0.05) is 12.5 Å². The van der Waals surface area contributed by atoms with Gasteiger partial charge >= 0.3 is 5.97 Å². The number of nitrogens with one attached hydrogen (secondary N) is 1. The number of carbonyl (C=O) groups is 2. The monoisotopic (exact) mass is 256 g/mol. The minimum absolute atomic E-state index is 0.101. The molecule has 1 amide bonds. The first-order valence-electron chi connectivity index (χ1n) is 6.17. The van der Waals surface area contributed by atoms with Gasteiger partial charge in [-0.3, -0.25) is 10.1 Å². The van der Waals surface area contributed by atoms with Crippen LogP contribution in [-0.4, -0.2) is 41.6 Å². The van der Waals surface area contributed by atoms with Crippen LogP contribution in [0, 0.1) is 5.41 Å². The average molecular weight is 256 g/mol. The third kappa shape index (κ3) is 2.36. The Kier molecular flexibility index (Phi) is 3.51. The van der Waals surface area contributed by atoms with Crippen LogP contribution in [0.5, 0.6) is 0 Å². The SMILES string of the molecule is CN1C(=O)CN[C@@]1(C(=O)OC(C)(C)C)C(C)(C)C. The van der Waals surface area contributed by atoms with Crippen molar-refractivity contribution < 1.29 is 14.3 Å². The maximum Gasteiger partial charge on any atom is 0.348 e. The Hall–Kier alpha value is -1.10. The van der Waals surface area contributed by atoms with E-state index < -0.39 is 22.6 Å². The second-order valence-corrected chi connectivity index (χ2v) is 6.77. The van der Waals surface area contributed by atoms with Crippen molar-refractivity contribution in [1.29, 1.82) is 0 Å². The maximum absolute atomic E-state index is 12.5. The van der Waals surface area contributed by atoms with Crippen LogP contribution in [0.25, 0.3) is 0 Å². The van der Waals surface area contributed by atoms with Gasteiger partial charge in [0.15, 0.2) is 5.66 Å². The molecule has 1 saturated heterocycles. The zero-order chi connectivity index (χ0) is 14.4. The van der Waals surface area contributed by atoms with Crippen LogP contribution in [0.4, 0.5) is 0 Å². The molecule has 0 unspecified atom stereocenters. The summed E-state index contributed by atoms with van der Waals surface area (Å²) in [7, 11) is 1.64. The maximum atomic E-state index is 12.5. The number of hydrogen-bond donors (Lipinski definition) is 1. The highest BCUT2D eigenvalue weighted by molar-refractivity contribution is 5.93. The topological polar surface area (TPSA) is 58.6 Å². The second-order valence-electron chi connectivity index (χ2n) is 6.77. The van der Waals surface area contributed by atoms with E-state index in [2.05, 4.69) is 5.32 Å². The van der Waals surface area contributed by atoms with E-state index in [1.807, 2.05) is 41.5 Å². The van der Waals surface area contributed by atoms with E-state index in [1.54, 1.807) is 7.05 Å². The fourth-order valence-electron chi connectivity index (χ4n) is 2.26. The molecule has 1 rings (SSSR count). The minimum atomic E-state index is -1.10. The lowest BCUT2D eigenvalue weighted by Crippen LogP contribution is -2.66. The molecule has 1 fully saturated rings. The standard InChI is InChI=1S/C13H24N2O3/c1-11(2,3)13(10(17)18-12(4,5)6)14-8-9(16)15(13)7/h14H,8H2,1-7H3/t13-/m1/s1. The fraction of sp³-hybridized carbons (Fsp3) is 0.846. The summed E-state index contributed by atoms with van der Waals surface area (Å²) in [6, 6.07) is 0. The molecule has 0 aromatic rings. The first-order valence-corrected chi connectivity index (χ1v) is 6.17. The van der Waals surface area contributed by atoms with Gasteiger partial charge in [-0.25, -0.2) is 4.79 Å². The average Bonchev–Trinajstić information content (AvgIpc) is 2.40. The van der Waals surface area contributed by atoms with E-state index in [4.69, 9.17) is 4.74 Å². The summed E-state index contributed by atoms with van der Waals surface area (Å²) in [5.74, 6) is -0.508. The van der Waals surface area contributed by atoms with Gasteiger partial charge in [-0.2, -0.15) is 0 Å². The molecule has 1 N–H and O–H groups in total. The Labute approximate surface area is 109 Å². The van der Waals surface area contributed by atoms with Crippen molar-refractivity contribution in [2.24, 2.45) is 5.41 Å². The lowest BCUT2D eigenvalue weighted by molar-refractivity contribution is -0.179. The van der Waals surface area contributed by atoms with Gasteiger partial charge < -0.3 is 9.64 Å². The lowest BCUT2D eigenvalue weighted by Gasteiger charge is -2.44.